The normalized spacial score (nSPS) is 19.4. The smallest absolute Gasteiger partial charge is 0.190 e. The summed E-state index contributed by atoms with van der Waals surface area (Å²) in [4.78, 5) is 9.37. The van der Waals surface area contributed by atoms with E-state index in [0.29, 0.717) is 6.04 Å². The summed E-state index contributed by atoms with van der Waals surface area (Å²) in [6, 6.07) is 11.2. The summed E-state index contributed by atoms with van der Waals surface area (Å²) in [5.74, 6) is 1.67. The fraction of sp³-hybridized carbons (Fsp3) is 0.682. The number of hydrogen-bond donors (Lipinski definition) is 2. The molecule has 1 fully saturated rings. The Morgan fingerprint density at radius 1 is 1.30 bits per heavy atom. The van der Waals surface area contributed by atoms with Gasteiger partial charge in [0.05, 0.1) is 0 Å². The topological polar surface area (TPSA) is 42.9 Å². The van der Waals surface area contributed by atoms with Gasteiger partial charge in [0.15, 0.2) is 5.96 Å². The maximum absolute atomic E-state index is 4.38. The molecule has 1 aromatic rings. The van der Waals surface area contributed by atoms with E-state index in [1.165, 1.54) is 38.0 Å². The number of hydrogen-bond acceptors (Lipinski definition) is 3. The highest BCUT2D eigenvalue weighted by molar-refractivity contribution is 5.79. The first-order valence-corrected chi connectivity index (χ1v) is 10.5. The van der Waals surface area contributed by atoms with Crippen LogP contribution in [0.3, 0.4) is 0 Å². The molecule has 5 heteroatoms. The van der Waals surface area contributed by atoms with E-state index in [2.05, 4.69) is 76.7 Å². The van der Waals surface area contributed by atoms with Crippen molar-refractivity contribution in [2.45, 2.75) is 45.7 Å². The van der Waals surface area contributed by atoms with Crippen molar-refractivity contribution in [3.05, 3.63) is 35.9 Å². The van der Waals surface area contributed by atoms with E-state index in [4.69, 9.17) is 0 Å². The van der Waals surface area contributed by atoms with Crippen molar-refractivity contribution in [2.75, 3.05) is 46.8 Å². The monoisotopic (exact) mass is 373 g/mol. The summed E-state index contributed by atoms with van der Waals surface area (Å²) >= 11 is 0. The van der Waals surface area contributed by atoms with Crippen LogP contribution in [-0.2, 0) is 6.54 Å². The lowest BCUT2D eigenvalue weighted by molar-refractivity contribution is 0.238. The Hall–Kier alpha value is -1.59. The van der Waals surface area contributed by atoms with Crippen molar-refractivity contribution in [3.63, 3.8) is 0 Å². The molecule has 0 saturated carbocycles. The molecule has 152 valence electrons. The molecule has 0 aliphatic carbocycles. The van der Waals surface area contributed by atoms with Gasteiger partial charge in [-0.25, -0.2) is 0 Å². The molecular weight excluding hydrogens is 334 g/mol. The van der Waals surface area contributed by atoms with Gasteiger partial charge in [-0.1, -0.05) is 37.3 Å². The van der Waals surface area contributed by atoms with Crippen LogP contribution < -0.4 is 10.6 Å². The predicted molar refractivity (Wildman–Crippen MR) is 116 cm³/mol. The van der Waals surface area contributed by atoms with Crippen molar-refractivity contribution in [2.24, 2.45) is 10.9 Å². The standard InChI is InChI=1S/C22H39N5/c1-5-14-27-15-12-21(18-27)16-25-22(23-3)24-13-11-19(2)26(4)17-20-9-7-6-8-10-20/h6-10,19,21H,5,11-18H2,1-4H3,(H2,23,24,25). The summed E-state index contributed by atoms with van der Waals surface area (Å²) in [5, 5.41) is 6.99. The van der Waals surface area contributed by atoms with Crippen molar-refractivity contribution in [1.82, 2.24) is 20.4 Å². The first kappa shape index (κ1) is 21.7. The van der Waals surface area contributed by atoms with Crippen molar-refractivity contribution in [3.8, 4) is 0 Å². The zero-order chi connectivity index (χ0) is 19.5. The van der Waals surface area contributed by atoms with E-state index in [9.17, 15) is 0 Å². The molecule has 1 aliphatic heterocycles. The Bertz CT molecular complexity index is 545. The quantitative estimate of drug-likeness (QED) is 0.489. The van der Waals surface area contributed by atoms with E-state index < -0.39 is 0 Å². The van der Waals surface area contributed by atoms with E-state index in [1.54, 1.807) is 0 Å². The van der Waals surface area contributed by atoms with Crippen LogP contribution in [-0.4, -0.2) is 68.6 Å². The van der Waals surface area contributed by atoms with Crippen LogP contribution in [0.15, 0.2) is 35.3 Å². The van der Waals surface area contributed by atoms with Gasteiger partial charge in [-0.3, -0.25) is 9.89 Å². The summed E-state index contributed by atoms with van der Waals surface area (Å²) < 4.78 is 0. The average Bonchev–Trinajstić information content (AvgIpc) is 3.13. The van der Waals surface area contributed by atoms with Gasteiger partial charge in [-0.15, -0.1) is 0 Å². The molecule has 0 amide bonds. The van der Waals surface area contributed by atoms with Crippen LogP contribution in [0.2, 0.25) is 0 Å². The third-order valence-electron chi connectivity index (χ3n) is 5.57. The maximum Gasteiger partial charge on any atom is 0.190 e. The molecule has 1 heterocycles. The predicted octanol–water partition coefficient (Wildman–Crippen LogP) is 2.79. The van der Waals surface area contributed by atoms with Crippen molar-refractivity contribution >= 4 is 5.96 Å². The number of benzene rings is 1. The van der Waals surface area contributed by atoms with Crippen LogP contribution in [0, 0.1) is 5.92 Å². The van der Waals surface area contributed by atoms with Crippen LogP contribution in [0.1, 0.15) is 38.7 Å². The molecule has 0 bridgehead atoms. The molecule has 1 aromatic carbocycles. The van der Waals surface area contributed by atoms with Gasteiger partial charge in [-0.2, -0.15) is 0 Å². The molecule has 5 nitrogen and oxygen atoms in total. The Morgan fingerprint density at radius 3 is 2.78 bits per heavy atom. The van der Waals surface area contributed by atoms with Crippen molar-refractivity contribution < 1.29 is 0 Å². The molecule has 2 atom stereocenters. The minimum absolute atomic E-state index is 0.522. The van der Waals surface area contributed by atoms with Gasteiger partial charge < -0.3 is 15.5 Å². The third-order valence-corrected chi connectivity index (χ3v) is 5.57. The molecule has 0 radical (unpaired) electrons. The second kappa shape index (κ2) is 12.0. The lowest BCUT2D eigenvalue weighted by Crippen LogP contribution is -2.42. The van der Waals surface area contributed by atoms with Gasteiger partial charge in [0, 0.05) is 39.3 Å². The van der Waals surface area contributed by atoms with E-state index >= 15 is 0 Å². The van der Waals surface area contributed by atoms with Gasteiger partial charge in [0.2, 0.25) is 0 Å². The molecule has 27 heavy (non-hydrogen) atoms. The molecule has 2 rings (SSSR count). The summed E-state index contributed by atoms with van der Waals surface area (Å²) in [7, 11) is 4.06. The van der Waals surface area contributed by atoms with Crippen LogP contribution in [0.25, 0.3) is 0 Å². The Labute approximate surface area is 166 Å². The molecule has 1 aliphatic rings. The second-order valence-corrected chi connectivity index (χ2v) is 7.87. The molecule has 2 N–H and O–H groups in total. The highest BCUT2D eigenvalue weighted by Crippen LogP contribution is 2.15. The Kier molecular flexibility index (Phi) is 9.64. The first-order chi connectivity index (χ1) is 13.1. The minimum atomic E-state index is 0.522. The fourth-order valence-corrected chi connectivity index (χ4v) is 3.71. The largest absolute Gasteiger partial charge is 0.356 e. The van der Waals surface area contributed by atoms with E-state index in [-0.39, 0.29) is 0 Å². The highest BCUT2D eigenvalue weighted by atomic mass is 15.2. The molecule has 2 unspecified atom stereocenters. The number of nitrogens with one attached hydrogen (secondary N) is 2. The van der Waals surface area contributed by atoms with Crippen LogP contribution >= 0.6 is 0 Å². The van der Waals surface area contributed by atoms with Gasteiger partial charge in [0.1, 0.15) is 0 Å². The van der Waals surface area contributed by atoms with E-state index in [1.807, 2.05) is 7.05 Å². The Morgan fingerprint density at radius 2 is 2.07 bits per heavy atom. The summed E-state index contributed by atoms with van der Waals surface area (Å²) in [6.45, 7) is 11.2. The fourth-order valence-electron chi connectivity index (χ4n) is 3.71. The number of likely N-dealkylation sites (tertiary alicyclic amines) is 1. The van der Waals surface area contributed by atoms with Gasteiger partial charge >= 0.3 is 0 Å². The molecular formula is C22H39N5. The lowest BCUT2D eigenvalue weighted by Gasteiger charge is -2.25. The van der Waals surface area contributed by atoms with Gasteiger partial charge in [-0.05, 0) is 57.8 Å². The van der Waals surface area contributed by atoms with E-state index in [0.717, 1.165) is 37.9 Å². The van der Waals surface area contributed by atoms with Crippen LogP contribution in [0.5, 0.6) is 0 Å². The molecule has 0 aromatic heterocycles. The second-order valence-electron chi connectivity index (χ2n) is 7.87. The number of guanidine groups is 1. The molecule has 0 spiro atoms. The average molecular weight is 374 g/mol. The number of aliphatic imine (C=N–C) groups is 1. The zero-order valence-electron chi connectivity index (χ0n) is 17.7. The van der Waals surface area contributed by atoms with Gasteiger partial charge in [0.25, 0.3) is 0 Å². The minimum Gasteiger partial charge on any atom is -0.356 e. The maximum atomic E-state index is 4.38. The lowest BCUT2D eigenvalue weighted by atomic mass is 10.1. The Balaban J connectivity index is 1.62. The van der Waals surface area contributed by atoms with Crippen LogP contribution in [0.4, 0.5) is 0 Å². The zero-order valence-corrected chi connectivity index (χ0v) is 17.7. The number of rotatable bonds is 10. The van der Waals surface area contributed by atoms with Crippen molar-refractivity contribution in [1.29, 1.82) is 0 Å². The highest BCUT2D eigenvalue weighted by Gasteiger charge is 2.21. The summed E-state index contributed by atoms with van der Waals surface area (Å²) in [5.41, 5.74) is 1.37. The first-order valence-electron chi connectivity index (χ1n) is 10.5. The number of nitrogens with zero attached hydrogens (tertiary/aromatic N) is 3. The third kappa shape index (κ3) is 7.89. The SMILES string of the molecule is CCCN1CCC(CNC(=NC)NCCC(C)N(C)Cc2ccccc2)C1. The molecule has 1 saturated heterocycles. The summed E-state index contributed by atoms with van der Waals surface area (Å²) in [6.07, 6.45) is 3.64.